The van der Waals surface area contributed by atoms with E-state index in [0.717, 1.165) is 6.54 Å². The molecule has 0 fully saturated rings. The van der Waals surface area contributed by atoms with Crippen LogP contribution in [0.3, 0.4) is 0 Å². The minimum Gasteiger partial charge on any atom is -0.306 e. The molecule has 0 saturated heterocycles. The number of thiophene rings is 1. The molecule has 2 aromatic rings. The van der Waals surface area contributed by atoms with Crippen molar-refractivity contribution in [3.8, 4) is 0 Å². The first-order valence-electron chi connectivity index (χ1n) is 6.44. The molecular weight excluding hydrogens is 238 g/mol. The molecular formula is C16H21NS. The van der Waals surface area contributed by atoms with E-state index in [-0.39, 0.29) is 0 Å². The first-order valence-corrected chi connectivity index (χ1v) is 7.26. The third kappa shape index (κ3) is 2.82. The molecule has 1 heterocycles. The van der Waals surface area contributed by atoms with Gasteiger partial charge in [0.1, 0.15) is 0 Å². The Morgan fingerprint density at radius 1 is 1.33 bits per heavy atom. The van der Waals surface area contributed by atoms with E-state index in [0.29, 0.717) is 6.04 Å². The summed E-state index contributed by atoms with van der Waals surface area (Å²) in [7, 11) is 0. The fraction of sp³-hybridized carbons (Fsp3) is 0.375. The van der Waals surface area contributed by atoms with Gasteiger partial charge in [-0.25, -0.2) is 0 Å². The van der Waals surface area contributed by atoms with Crippen LogP contribution in [0, 0.1) is 6.92 Å². The van der Waals surface area contributed by atoms with Crippen LogP contribution in [0.4, 0.5) is 0 Å². The van der Waals surface area contributed by atoms with Gasteiger partial charge in [-0.3, -0.25) is 0 Å². The summed E-state index contributed by atoms with van der Waals surface area (Å²) < 4.78 is 1.39. The molecule has 0 bridgehead atoms. The summed E-state index contributed by atoms with van der Waals surface area (Å²) in [6.45, 7) is 9.69. The van der Waals surface area contributed by atoms with E-state index in [4.69, 9.17) is 0 Å². The Kier molecular flexibility index (Phi) is 4.20. The first kappa shape index (κ1) is 13.3. The van der Waals surface area contributed by atoms with Gasteiger partial charge in [-0.1, -0.05) is 29.8 Å². The second-order valence-corrected chi connectivity index (χ2v) is 6.08. The van der Waals surface area contributed by atoms with Crippen molar-refractivity contribution in [1.29, 1.82) is 0 Å². The number of aryl methyl sites for hydroxylation is 1. The summed E-state index contributed by atoms with van der Waals surface area (Å²) in [6, 6.07) is 9.07. The minimum absolute atomic E-state index is 0.415. The number of benzene rings is 1. The van der Waals surface area contributed by atoms with Crippen LogP contribution in [-0.4, -0.2) is 6.54 Å². The maximum Gasteiger partial charge on any atom is 0.0391 e. The molecule has 1 aromatic carbocycles. The Balaban J connectivity index is 2.20. The van der Waals surface area contributed by atoms with Crippen LogP contribution in [0.25, 0.3) is 10.1 Å². The van der Waals surface area contributed by atoms with E-state index in [1.54, 1.807) is 0 Å². The highest BCUT2D eigenvalue weighted by atomic mass is 32.1. The number of allylic oxidation sites excluding steroid dienone is 1. The number of hydrogen-bond acceptors (Lipinski definition) is 2. The number of hydrogen-bond donors (Lipinski definition) is 1. The molecule has 0 aliphatic carbocycles. The van der Waals surface area contributed by atoms with Gasteiger partial charge in [0.15, 0.2) is 0 Å². The highest BCUT2D eigenvalue weighted by Gasteiger charge is 2.13. The van der Waals surface area contributed by atoms with Crippen molar-refractivity contribution in [2.45, 2.75) is 33.7 Å². The first-order chi connectivity index (χ1) is 8.59. The highest BCUT2D eigenvalue weighted by molar-refractivity contribution is 7.19. The number of fused-ring (bicyclic) bond motifs is 1. The summed E-state index contributed by atoms with van der Waals surface area (Å²) >= 11 is 1.91. The van der Waals surface area contributed by atoms with Crippen LogP contribution in [0.15, 0.2) is 35.9 Å². The Hall–Kier alpha value is -1.12. The lowest BCUT2D eigenvalue weighted by Crippen LogP contribution is -2.18. The molecule has 0 saturated carbocycles. The van der Waals surface area contributed by atoms with Gasteiger partial charge < -0.3 is 5.32 Å². The normalized spacial score (nSPS) is 12.7. The van der Waals surface area contributed by atoms with Crippen molar-refractivity contribution < 1.29 is 0 Å². The van der Waals surface area contributed by atoms with Crippen molar-refractivity contribution >= 4 is 21.4 Å². The zero-order chi connectivity index (χ0) is 13.1. The third-order valence-corrected chi connectivity index (χ3v) is 4.66. The summed E-state index contributed by atoms with van der Waals surface area (Å²) in [5.74, 6) is 0. The zero-order valence-electron chi connectivity index (χ0n) is 11.6. The number of rotatable bonds is 4. The molecule has 1 aromatic heterocycles. The quantitative estimate of drug-likeness (QED) is 0.776. The van der Waals surface area contributed by atoms with Crippen LogP contribution in [0.5, 0.6) is 0 Å². The second-order valence-electron chi connectivity index (χ2n) is 5.00. The van der Waals surface area contributed by atoms with Crippen LogP contribution >= 0.6 is 11.3 Å². The summed E-state index contributed by atoms with van der Waals surface area (Å²) in [5, 5.41) is 4.96. The van der Waals surface area contributed by atoms with Gasteiger partial charge in [0.25, 0.3) is 0 Å². The minimum atomic E-state index is 0.415. The van der Waals surface area contributed by atoms with Gasteiger partial charge in [0.05, 0.1) is 0 Å². The topological polar surface area (TPSA) is 12.0 Å². The maximum absolute atomic E-state index is 3.57. The van der Waals surface area contributed by atoms with Crippen molar-refractivity contribution in [3.05, 3.63) is 46.4 Å². The molecule has 0 aliphatic rings. The molecule has 0 aliphatic heterocycles. The highest BCUT2D eigenvalue weighted by Crippen LogP contribution is 2.34. The molecule has 1 nitrogen and oxygen atoms in total. The van der Waals surface area contributed by atoms with E-state index in [1.165, 1.54) is 26.1 Å². The van der Waals surface area contributed by atoms with Gasteiger partial charge in [0, 0.05) is 22.2 Å². The molecule has 2 heteroatoms. The average Bonchev–Trinajstić information content (AvgIpc) is 2.67. The Labute approximate surface area is 114 Å². The zero-order valence-corrected chi connectivity index (χ0v) is 12.4. The fourth-order valence-corrected chi connectivity index (χ4v) is 3.38. The smallest absolute Gasteiger partial charge is 0.0391 e. The Bertz CT molecular complexity index is 561. The molecule has 0 spiro atoms. The predicted octanol–water partition coefficient (Wildman–Crippen LogP) is 4.83. The predicted molar refractivity (Wildman–Crippen MR) is 82.4 cm³/mol. The van der Waals surface area contributed by atoms with E-state index in [9.17, 15) is 0 Å². The summed E-state index contributed by atoms with van der Waals surface area (Å²) in [5.41, 5.74) is 2.79. The standard InChI is InChI=1S/C16H21NS/c1-11(2)9-10-17-13(4)16-12(3)14-7-5-6-8-15(14)18-16/h5-9,13,17H,10H2,1-4H3. The van der Waals surface area contributed by atoms with Crippen LogP contribution in [0.2, 0.25) is 0 Å². The van der Waals surface area contributed by atoms with Crippen molar-refractivity contribution in [2.75, 3.05) is 6.54 Å². The molecule has 2 rings (SSSR count). The SMILES string of the molecule is CC(C)=CCNC(C)c1sc2ccccc2c1C. The monoisotopic (exact) mass is 259 g/mol. The van der Waals surface area contributed by atoms with Gasteiger partial charge in [-0.05, 0) is 44.7 Å². The summed E-state index contributed by atoms with van der Waals surface area (Å²) in [4.78, 5) is 1.46. The van der Waals surface area contributed by atoms with Crippen molar-refractivity contribution in [2.24, 2.45) is 0 Å². The fourth-order valence-electron chi connectivity index (χ4n) is 2.14. The van der Waals surface area contributed by atoms with Gasteiger partial charge in [-0.15, -0.1) is 11.3 Å². The molecule has 18 heavy (non-hydrogen) atoms. The molecule has 1 N–H and O–H groups in total. The lowest BCUT2D eigenvalue weighted by molar-refractivity contribution is 0.624. The van der Waals surface area contributed by atoms with E-state index in [2.05, 4.69) is 63.4 Å². The van der Waals surface area contributed by atoms with E-state index < -0.39 is 0 Å². The molecule has 1 unspecified atom stereocenters. The molecule has 1 atom stereocenters. The van der Waals surface area contributed by atoms with Gasteiger partial charge in [-0.2, -0.15) is 0 Å². The molecule has 0 amide bonds. The molecule has 96 valence electrons. The van der Waals surface area contributed by atoms with Gasteiger partial charge >= 0.3 is 0 Å². The number of nitrogens with one attached hydrogen (secondary N) is 1. The Morgan fingerprint density at radius 2 is 2.06 bits per heavy atom. The van der Waals surface area contributed by atoms with Crippen LogP contribution < -0.4 is 5.32 Å². The van der Waals surface area contributed by atoms with Crippen LogP contribution in [-0.2, 0) is 0 Å². The molecule has 0 radical (unpaired) electrons. The third-order valence-electron chi connectivity index (χ3n) is 3.21. The van der Waals surface area contributed by atoms with Crippen LogP contribution in [0.1, 0.15) is 37.3 Å². The lowest BCUT2D eigenvalue weighted by Gasteiger charge is -2.12. The Morgan fingerprint density at radius 3 is 2.72 bits per heavy atom. The van der Waals surface area contributed by atoms with Crippen molar-refractivity contribution in [3.63, 3.8) is 0 Å². The second kappa shape index (κ2) is 5.68. The van der Waals surface area contributed by atoms with Gasteiger partial charge in [0.2, 0.25) is 0 Å². The lowest BCUT2D eigenvalue weighted by atomic mass is 10.1. The average molecular weight is 259 g/mol. The largest absolute Gasteiger partial charge is 0.306 e. The van der Waals surface area contributed by atoms with E-state index in [1.807, 2.05) is 11.3 Å². The maximum atomic E-state index is 3.57. The van der Waals surface area contributed by atoms with Crippen molar-refractivity contribution in [1.82, 2.24) is 5.32 Å². The summed E-state index contributed by atoms with van der Waals surface area (Å²) in [6.07, 6.45) is 2.24. The van der Waals surface area contributed by atoms with E-state index >= 15 is 0 Å².